The van der Waals surface area contributed by atoms with Gasteiger partial charge in [0, 0.05) is 6.61 Å². The van der Waals surface area contributed by atoms with Gasteiger partial charge in [-0.2, -0.15) is 4.98 Å². The second-order valence-corrected chi connectivity index (χ2v) is 2.95. The van der Waals surface area contributed by atoms with Crippen molar-refractivity contribution in [2.75, 3.05) is 6.61 Å². The number of hydrogen-bond donors (Lipinski definition) is 0. The van der Waals surface area contributed by atoms with Crippen molar-refractivity contribution in [1.82, 2.24) is 10.1 Å². The number of hydrogen-bond acceptors (Lipinski definition) is 4. The maximum absolute atomic E-state index is 5.52. The van der Waals surface area contributed by atoms with E-state index in [1.807, 2.05) is 0 Å². The molecule has 5 heteroatoms. The highest BCUT2D eigenvalue weighted by Crippen LogP contribution is 2.26. The Hall–Kier alpha value is -0.610. The summed E-state index contributed by atoms with van der Waals surface area (Å²) in [7, 11) is 0. The van der Waals surface area contributed by atoms with Gasteiger partial charge in [0.05, 0.1) is 5.88 Å². The molecule has 0 spiro atoms. The lowest BCUT2D eigenvalue weighted by atomic mass is 10.2. The van der Waals surface area contributed by atoms with E-state index in [2.05, 4.69) is 10.1 Å². The van der Waals surface area contributed by atoms with E-state index in [0.717, 1.165) is 19.4 Å². The summed E-state index contributed by atoms with van der Waals surface area (Å²) in [6.07, 6.45) is 2.02. The Labute approximate surface area is 74.9 Å². The summed E-state index contributed by atoms with van der Waals surface area (Å²) >= 11 is 5.52. The second-order valence-electron chi connectivity index (χ2n) is 2.68. The van der Waals surface area contributed by atoms with Crippen molar-refractivity contribution >= 4 is 11.6 Å². The summed E-state index contributed by atoms with van der Waals surface area (Å²) in [5.74, 6) is 1.38. The lowest BCUT2D eigenvalue weighted by Crippen LogP contribution is -1.95. The zero-order valence-corrected chi connectivity index (χ0v) is 7.25. The smallest absolute Gasteiger partial charge is 0.255 e. The number of aromatic nitrogens is 2. The highest BCUT2D eigenvalue weighted by Gasteiger charge is 2.23. The van der Waals surface area contributed by atoms with Gasteiger partial charge in [0.2, 0.25) is 0 Å². The van der Waals surface area contributed by atoms with E-state index in [4.69, 9.17) is 20.9 Å². The standard InChI is InChI=1S/C7H9ClN2O2/c8-4-6-9-7(12-10-6)5-2-1-3-11-5/h5H,1-4H2. The van der Waals surface area contributed by atoms with Gasteiger partial charge in [-0.25, -0.2) is 0 Å². The van der Waals surface area contributed by atoms with Crippen molar-refractivity contribution in [3.05, 3.63) is 11.7 Å². The molecule has 1 unspecified atom stereocenters. The third-order valence-electron chi connectivity index (χ3n) is 1.81. The molecule has 1 aliphatic heterocycles. The van der Waals surface area contributed by atoms with Gasteiger partial charge in [0.25, 0.3) is 5.89 Å². The van der Waals surface area contributed by atoms with E-state index in [9.17, 15) is 0 Å². The fraction of sp³-hybridized carbons (Fsp3) is 0.714. The van der Waals surface area contributed by atoms with Gasteiger partial charge in [-0.15, -0.1) is 11.6 Å². The fourth-order valence-electron chi connectivity index (χ4n) is 1.22. The molecule has 0 saturated carbocycles. The normalized spacial score (nSPS) is 23.2. The van der Waals surface area contributed by atoms with Gasteiger partial charge in [0.15, 0.2) is 5.82 Å². The molecule has 1 aromatic heterocycles. The molecule has 2 heterocycles. The highest BCUT2D eigenvalue weighted by atomic mass is 35.5. The number of nitrogens with zero attached hydrogens (tertiary/aromatic N) is 2. The van der Waals surface area contributed by atoms with E-state index in [1.165, 1.54) is 0 Å². The summed E-state index contributed by atoms with van der Waals surface area (Å²) in [5, 5.41) is 3.68. The van der Waals surface area contributed by atoms with Crippen LogP contribution in [0.3, 0.4) is 0 Å². The number of alkyl halides is 1. The minimum Gasteiger partial charge on any atom is -0.368 e. The Kier molecular flexibility index (Phi) is 2.28. The van der Waals surface area contributed by atoms with Crippen LogP contribution in [0.25, 0.3) is 0 Å². The first-order valence-corrected chi connectivity index (χ1v) is 4.43. The van der Waals surface area contributed by atoms with Crippen LogP contribution in [0, 0.1) is 0 Å². The largest absolute Gasteiger partial charge is 0.368 e. The highest BCUT2D eigenvalue weighted by molar-refractivity contribution is 6.16. The van der Waals surface area contributed by atoms with Gasteiger partial charge in [-0.1, -0.05) is 5.16 Å². The first-order valence-electron chi connectivity index (χ1n) is 3.90. The molecule has 1 aliphatic rings. The summed E-state index contributed by atoms with van der Waals surface area (Å²) < 4.78 is 10.3. The number of ether oxygens (including phenoxy) is 1. The first kappa shape index (κ1) is 8.01. The Bertz CT molecular complexity index is 258. The van der Waals surface area contributed by atoms with Crippen molar-refractivity contribution < 1.29 is 9.26 Å². The lowest BCUT2D eigenvalue weighted by molar-refractivity contribution is 0.0835. The molecule has 66 valence electrons. The summed E-state index contributed by atoms with van der Waals surface area (Å²) in [6, 6.07) is 0. The Morgan fingerprint density at radius 2 is 2.50 bits per heavy atom. The molecule has 0 aromatic carbocycles. The monoisotopic (exact) mass is 188 g/mol. The molecule has 0 N–H and O–H groups in total. The molecule has 0 aliphatic carbocycles. The van der Waals surface area contributed by atoms with Crippen LogP contribution in [-0.4, -0.2) is 16.7 Å². The maximum atomic E-state index is 5.52. The molecule has 1 atom stereocenters. The topological polar surface area (TPSA) is 48.2 Å². The van der Waals surface area contributed by atoms with Gasteiger partial charge < -0.3 is 9.26 Å². The van der Waals surface area contributed by atoms with E-state index in [-0.39, 0.29) is 12.0 Å². The molecule has 1 fully saturated rings. The van der Waals surface area contributed by atoms with Crippen LogP contribution in [0.2, 0.25) is 0 Å². The summed E-state index contributed by atoms with van der Waals surface area (Å²) in [5.41, 5.74) is 0. The molecule has 1 saturated heterocycles. The molecule has 12 heavy (non-hydrogen) atoms. The predicted octanol–water partition coefficient (Wildman–Crippen LogP) is 1.66. The molecule has 0 bridgehead atoms. The maximum Gasteiger partial charge on any atom is 0.255 e. The van der Waals surface area contributed by atoms with Crippen molar-refractivity contribution in [2.24, 2.45) is 0 Å². The zero-order valence-electron chi connectivity index (χ0n) is 6.49. The minimum atomic E-state index is -0.00512. The van der Waals surface area contributed by atoms with Crippen LogP contribution in [0.15, 0.2) is 4.52 Å². The number of halogens is 1. The summed E-state index contributed by atoms with van der Waals surface area (Å²) in [4.78, 5) is 4.08. The van der Waals surface area contributed by atoms with Gasteiger partial charge in [-0.3, -0.25) is 0 Å². The quantitative estimate of drug-likeness (QED) is 0.663. The van der Waals surface area contributed by atoms with E-state index >= 15 is 0 Å². The average Bonchev–Trinajstić information content (AvgIpc) is 2.75. The number of rotatable bonds is 2. The van der Waals surface area contributed by atoms with Crippen LogP contribution in [0.1, 0.15) is 30.7 Å². The van der Waals surface area contributed by atoms with Crippen molar-refractivity contribution in [1.29, 1.82) is 0 Å². The van der Waals surface area contributed by atoms with E-state index in [0.29, 0.717) is 11.7 Å². The zero-order chi connectivity index (χ0) is 8.39. The first-order chi connectivity index (χ1) is 5.90. The van der Waals surface area contributed by atoms with E-state index < -0.39 is 0 Å². The van der Waals surface area contributed by atoms with Crippen molar-refractivity contribution in [2.45, 2.75) is 24.8 Å². The van der Waals surface area contributed by atoms with Crippen molar-refractivity contribution in [3.63, 3.8) is 0 Å². The van der Waals surface area contributed by atoms with Crippen molar-refractivity contribution in [3.8, 4) is 0 Å². The van der Waals surface area contributed by atoms with Crippen LogP contribution >= 0.6 is 11.6 Å². The van der Waals surface area contributed by atoms with Crippen LogP contribution in [0.4, 0.5) is 0 Å². The molecule has 1 aromatic rings. The van der Waals surface area contributed by atoms with Crippen LogP contribution < -0.4 is 0 Å². The lowest BCUT2D eigenvalue weighted by Gasteiger charge is -2.00. The van der Waals surface area contributed by atoms with Gasteiger partial charge >= 0.3 is 0 Å². The fourth-order valence-corrected chi connectivity index (χ4v) is 1.33. The minimum absolute atomic E-state index is 0.00512. The third-order valence-corrected chi connectivity index (χ3v) is 2.05. The SMILES string of the molecule is ClCc1noc(C2CCCO2)n1. The average molecular weight is 189 g/mol. The van der Waals surface area contributed by atoms with Gasteiger partial charge in [-0.05, 0) is 12.8 Å². The Morgan fingerprint density at radius 3 is 3.08 bits per heavy atom. The molecule has 0 amide bonds. The Morgan fingerprint density at radius 1 is 1.58 bits per heavy atom. The predicted molar refractivity (Wildman–Crippen MR) is 41.8 cm³/mol. The summed E-state index contributed by atoms with van der Waals surface area (Å²) in [6.45, 7) is 0.781. The van der Waals surface area contributed by atoms with E-state index in [1.54, 1.807) is 0 Å². The molecular formula is C7H9ClN2O2. The molecular weight excluding hydrogens is 180 g/mol. The van der Waals surface area contributed by atoms with Gasteiger partial charge in [0.1, 0.15) is 6.10 Å². The van der Waals surface area contributed by atoms with Crippen LogP contribution in [-0.2, 0) is 10.6 Å². The molecule has 2 rings (SSSR count). The molecule has 0 radical (unpaired) electrons. The van der Waals surface area contributed by atoms with Crippen LogP contribution in [0.5, 0.6) is 0 Å². The molecule has 4 nitrogen and oxygen atoms in total. The third kappa shape index (κ3) is 1.44. The second kappa shape index (κ2) is 3.41. The Balaban J connectivity index is 2.11.